The molecule has 1 N–H and O–H groups in total. The third-order valence-corrected chi connectivity index (χ3v) is 6.59. The van der Waals surface area contributed by atoms with Crippen LogP contribution in [0.3, 0.4) is 0 Å². The minimum Gasteiger partial charge on any atom is -0.340 e. The highest BCUT2D eigenvalue weighted by Gasteiger charge is 2.26. The van der Waals surface area contributed by atoms with Crippen molar-refractivity contribution in [3.63, 3.8) is 0 Å². The van der Waals surface area contributed by atoms with Gasteiger partial charge in [-0.2, -0.15) is 0 Å². The van der Waals surface area contributed by atoms with Crippen LogP contribution in [0, 0.1) is 11.8 Å². The second kappa shape index (κ2) is 11.7. The molecule has 0 bridgehead atoms. The second-order valence-corrected chi connectivity index (χ2v) is 8.95. The highest BCUT2D eigenvalue weighted by Crippen LogP contribution is 2.25. The molecular formula is C18H30Cl3N3OS. The lowest BCUT2D eigenvalue weighted by molar-refractivity contribution is -0.134. The van der Waals surface area contributed by atoms with Crippen molar-refractivity contribution in [2.75, 3.05) is 39.3 Å². The Morgan fingerprint density at radius 1 is 1.31 bits per heavy atom. The van der Waals surface area contributed by atoms with E-state index in [-0.39, 0.29) is 24.8 Å². The first-order valence-electron chi connectivity index (χ1n) is 9.07. The molecule has 2 unspecified atom stereocenters. The van der Waals surface area contributed by atoms with Gasteiger partial charge in [-0.15, -0.1) is 36.2 Å². The number of nitrogens with one attached hydrogen (secondary N) is 1. The van der Waals surface area contributed by atoms with E-state index in [1.54, 1.807) is 11.3 Å². The maximum absolute atomic E-state index is 12.6. The van der Waals surface area contributed by atoms with E-state index in [1.807, 2.05) is 6.07 Å². The van der Waals surface area contributed by atoms with Crippen molar-refractivity contribution in [2.24, 2.45) is 11.8 Å². The van der Waals surface area contributed by atoms with Gasteiger partial charge in [0.05, 0.1) is 4.34 Å². The molecule has 0 radical (unpaired) electrons. The van der Waals surface area contributed by atoms with Crippen LogP contribution in [0.5, 0.6) is 0 Å². The topological polar surface area (TPSA) is 35.6 Å². The quantitative estimate of drug-likeness (QED) is 0.751. The van der Waals surface area contributed by atoms with E-state index in [1.165, 1.54) is 17.7 Å². The van der Waals surface area contributed by atoms with Crippen LogP contribution in [0.1, 0.15) is 31.1 Å². The molecule has 2 fully saturated rings. The maximum atomic E-state index is 12.6. The van der Waals surface area contributed by atoms with E-state index >= 15 is 0 Å². The molecule has 2 aliphatic heterocycles. The average Bonchev–Trinajstić information content (AvgIpc) is 3.01. The fourth-order valence-corrected chi connectivity index (χ4v) is 4.88. The van der Waals surface area contributed by atoms with Gasteiger partial charge in [-0.3, -0.25) is 9.69 Å². The average molecular weight is 443 g/mol. The monoisotopic (exact) mass is 441 g/mol. The van der Waals surface area contributed by atoms with E-state index in [0.29, 0.717) is 24.2 Å². The first-order valence-corrected chi connectivity index (χ1v) is 10.3. The lowest BCUT2D eigenvalue weighted by atomic mass is 9.85. The van der Waals surface area contributed by atoms with Gasteiger partial charge in [-0.05, 0) is 49.9 Å². The first kappa shape index (κ1) is 24.0. The van der Waals surface area contributed by atoms with Crippen molar-refractivity contribution in [3.8, 4) is 0 Å². The predicted octanol–water partition coefficient (Wildman–Crippen LogP) is 3.92. The summed E-state index contributed by atoms with van der Waals surface area (Å²) >= 11 is 7.65. The Morgan fingerprint density at radius 2 is 2.04 bits per heavy atom. The highest BCUT2D eigenvalue weighted by molar-refractivity contribution is 7.16. The molecule has 0 aromatic carbocycles. The Balaban J connectivity index is 0.00000169. The minimum absolute atomic E-state index is 0. The second-order valence-electron chi connectivity index (χ2n) is 7.15. The van der Waals surface area contributed by atoms with Crippen molar-refractivity contribution < 1.29 is 4.79 Å². The summed E-state index contributed by atoms with van der Waals surface area (Å²) in [7, 11) is 0. The van der Waals surface area contributed by atoms with Crippen molar-refractivity contribution in [3.05, 3.63) is 21.3 Å². The lowest BCUT2D eigenvalue weighted by Crippen LogP contribution is -2.48. The highest BCUT2D eigenvalue weighted by atomic mass is 35.5. The fraction of sp³-hybridized carbons (Fsp3) is 0.722. The van der Waals surface area contributed by atoms with Gasteiger partial charge in [0.1, 0.15) is 0 Å². The molecule has 0 aliphatic carbocycles. The van der Waals surface area contributed by atoms with E-state index in [9.17, 15) is 4.79 Å². The molecule has 2 atom stereocenters. The Labute approximate surface area is 178 Å². The fourth-order valence-electron chi connectivity index (χ4n) is 3.75. The minimum atomic E-state index is 0. The summed E-state index contributed by atoms with van der Waals surface area (Å²) in [6.45, 7) is 9.03. The molecule has 26 heavy (non-hydrogen) atoms. The van der Waals surface area contributed by atoms with Crippen molar-refractivity contribution in [1.29, 1.82) is 0 Å². The number of rotatable bonds is 5. The SMILES string of the molecule is CC(CC(=O)N1CCN(Cc2ccc(Cl)s2)CC1)C1CCCNC1.Cl.Cl. The molecule has 3 heterocycles. The molecule has 2 aliphatic rings. The largest absolute Gasteiger partial charge is 0.340 e. The Morgan fingerprint density at radius 3 is 2.62 bits per heavy atom. The summed E-state index contributed by atoms with van der Waals surface area (Å²) in [5.74, 6) is 1.48. The number of hydrogen-bond donors (Lipinski definition) is 1. The molecule has 4 nitrogen and oxygen atoms in total. The van der Waals surface area contributed by atoms with Crippen LogP contribution in [0.25, 0.3) is 0 Å². The number of carbonyl (C=O) groups is 1. The third kappa shape index (κ3) is 6.84. The van der Waals surface area contributed by atoms with Gasteiger partial charge >= 0.3 is 0 Å². The Hall–Kier alpha value is -0.0400. The van der Waals surface area contributed by atoms with Crippen LogP contribution < -0.4 is 5.32 Å². The molecule has 1 aromatic heterocycles. The number of amides is 1. The Kier molecular flexibility index (Phi) is 10.8. The van der Waals surface area contributed by atoms with Crippen LogP contribution >= 0.6 is 47.8 Å². The number of piperazine rings is 1. The molecule has 3 rings (SSSR count). The molecule has 1 aromatic rings. The van der Waals surface area contributed by atoms with Crippen LogP contribution in [-0.4, -0.2) is 55.0 Å². The number of thiophene rings is 1. The van der Waals surface area contributed by atoms with Gasteiger partial charge in [0, 0.05) is 44.0 Å². The Bertz CT molecular complexity index is 544. The smallest absolute Gasteiger partial charge is 0.222 e. The van der Waals surface area contributed by atoms with E-state index < -0.39 is 0 Å². The maximum Gasteiger partial charge on any atom is 0.222 e. The summed E-state index contributed by atoms with van der Waals surface area (Å²) in [5.41, 5.74) is 0. The molecular weight excluding hydrogens is 413 g/mol. The van der Waals surface area contributed by atoms with Gasteiger partial charge in [-0.1, -0.05) is 18.5 Å². The predicted molar refractivity (Wildman–Crippen MR) is 115 cm³/mol. The van der Waals surface area contributed by atoms with Gasteiger partial charge < -0.3 is 10.2 Å². The summed E-state index contributed by atoms with van der Waals surface area (Å²) < 4.78 is 0.852. The summed E-state index contributed by atoms with van der Waals surface area (Å²) in [6, 6.07) is 4.06. The van der Waals surface area contributed by atoms with Gasteiger partial charge in [0.25, 0.3) is 0 Å². The number of hydrogen-bond acceptors (Lipinski definition) is 4. The van der Waals surface area contributed by atoms with Gasteiger partial charge in [0.2, 0.25) is 5.91 Å². The number of carbonyl (C=O) groups excluding carboxylic acids is 1. The third-order valence-electron chi connectivity index (χ3n) is 5.37. The summed E-state index contributed by atoms with van der Waals surface area (Å²) in [6.07, 6.45) is 3.21. The number of nitrogens with zero attached hydrogens (tertiary/aromatic N) is 2. The molecule has 2 saturated heterocycles. The van der Waals surface area contributed by atoms with Crippen LogP contribution in [0.4, 0.5) is 0 Å². The van der Waals surface area contributed by atoms with Crippen LogP contribution in [-0.2, 0) is 11.3 Å². The first-order chi connectivity index (χ1) is 11.6. The van der Waals surface area contributed by atoms with E-state index in [4.69, 9.17) is 11.6 Å². The van der Waals surface area contributed by atoms with Crippen LogP contribution in [0.2, 0.25) is 4.34 Å². The lowest BCUT2D eigenvalue weighted by Gasteiger charge is -2.36. The molecule has 0 spiro atoms. The normalized spacial score (nSPS) is 22.2. The molecule has 1 amide bonds. The van der Waals surface area contributed by atoms with E-state index in [2.05, 4.69) is 28.1 Å². The van der Waals surface area contributed by atoms with E-state index in [0.717, 1.165) is 50.1 Å². The van der Waals surface area contributed by atoms with Crippen molar-refractivity contribution >= 4 is 53.7 Å². The zero-order valence-corrected chi connectivity index (χ0v) is 18.5. The molecule has 8 heteroatoms. The summed E-state index contributed by atoms with van der Waals surface area (Å²) in [5, 5.41) is 3.46. The zero-order valence-electron chi connectivity index (χ0n) is 15.3. The van der Waals surface area contributed by atoms with Crippen LogP contribution in [0.15, 0.2) is 12.1 Å². The molecule has 150 valence electrons. The van der Waals surface area contributed by atoms with Crippen molar-refractivity contribution in [1.82, 2.24) is 15.1 Å². The number of piperidine rings is 1. The van der Waals surface area contributed by atoms with Crippen molar-refractivity contribution in [2.45, 2.75) is 32.7 Å². The molecule has 0 saturated carbocycles. The zero-order chi connectivity index (χ0) is 16.9. The number of halogens is 3. The van der Waals surface area contributed by atoms with Gasteiger partial charge in [0.15, 0.2) is 0 Å². The standard InChI is InChI=1S/C18H28ClN3OS.2ClH/c1-14(15-3-2-6-20-12-15)11-18(23)22-9-7-21(8-10-22)13-16-4-5-17(19)24-16;;/h4-5,14-15,20H,2-3,6-13H2,1H3;2*1H. The summed E-state index contributed by atoms with van der Waals surface area (Å²) in [4.78, 5) is 18.4. The van der Waals surface area contributed by atoms with Gasteiger partial charge in [-0.25, -0.2) is 0 Å².